The summed E-state index contributed by atoms with van der Waals surface area (Å²) in [4.78, 5) is 22.3. The molecule has 0 aromatic carbocycles. The van der Waals surface area contributed by atoms with Crippen molar-refractivity contribution in [3.63, 3.8) is 0 Å². The Morgan fingerprint density at radius 3 is 2.91 bits per heavy atom. The third-order valence-electron chi connectivity index (χ3n) is 3.71. The average Bonchev–Trinajstić information content (AvgIpc) is 3.13. The second-order valence-electron chi connectivity index (χ2n) is 5.25. The summed E-state index contributed by atoms with van der Waals surface area (Å²) in [5.41, 5.74) is 1.20. The van der Waals surface area contributed by atoms with E-state index in [1.54, 1.807) is 24.8 Å². The number of amides is 1. The molecule has 8 heteroatoms. The fourth-order valence-electron chi connectivity index (χ4n) is 2.42. The normalized spacial score (nSPS) is 20.0. The van der Waals surface area contributed by atoms with E-state index in [0.717, 1.165) is 10.6 Å². The fraction of sp³-hybridized carbons (Fsp3) is 0.357. The summed E-state index contributed by atoms with van der Waals surface area (Å²) in [6, 6.07) is 3.43. The van der Waals surface area contributed by atoms with Crippen LogP contribution < -0.4 is 0 Å². The van der Waals surface area contributed by atoms with Crippen LogP contribution in [0.5, 0.6) is 0 Å². The maximum Gasteiger partial charge on any atom is 0.273 e. The number of hydrogen-bond acceptors (Lipinski definition) is 6. The maximum atomic E-state index is 12.4. The number of aromatic nitrogens is 2. The molecular weight excluding hydrogens is 322 g/mol. The first-order chi connectivity index (χ1) is 10.5. The van der Waals surface area contributed by atoms with Crippen molar-refractivity contribution >= 4 is 27.1 Å². The topological polar surface area (TPSA) is 80.2 Å². The standard InChI is InChI=1S/C14H15N3O3S2/c1-17(11-4-6-22(19,20)9-11)14(18)12-8-21-13(16-12)10-3-2-5-15-7-10/h2-3,5,7-8,11H,4,6,9H2,1H3. The van der Waals surface area contributed by atoms with Crippen LogP contribution in [0.1, 0.15) is 16.9 Å². The Hall–Kier alpha value is -1.80. The largest absolute Gasteiger partial charge is 0.336 e. The van der Waals surface area contributed by atoms with Gasteiger partial charge in [0.15, 0.2) is 9.84 Å². The van der Waals surface area contributed by atoms with E-state index in [2.05, 4.69) is 9.97 Å². The summed E-state index contributed by atoms with van der Waals surface area (Å²) in [5, 5.41) is 2.42. The van der Waals surface area contributed by atoms with Crippen LogP contribution in [-0.4, -0.2) is 53.8 Å². The van der Waals surface area contributed by atoms with E-state index >= 15 is 0 Å². The quantitative estimate of drug-likeness (QED) is 0.847. The SMILES string of the molecule is CN(C(=O)c1csc(-c2cccnc2)n1)C1CCS(=O)(=O)C1. The zero-order chi connectivity index (χ0) is 15.7. The molecule has 0 aliphatic carbocycles. The summed E-state index contributed by atoms with van der Waals surface area (Å²) < 4.78 is 23.1. The lowest BCUT2D eigenvalue weighted by molar-refractivity contribution is 0.0742. The van der Waals surface area contributed by atoms with Crippen LogP contribution in [0, 0.1) is 0 Å². The highest BCUT2D eigenvalue weighted by atomic mass is 32.2. The zero-order valence-corrected chi connectivity index (χ0v) is 13.6. The van der Waals surface area contributed by atoms with Crippen LogP contribution >= 0.6 is 11.3 Å². The van der Waals surface area contributed by atoms with Crippen LogP contribution in [0.15, 0.2) is 29.9 Å². The van der Waals surface area contributed by atoms with E-state index < -0.39 is 9.84 Å². The van der Waals surface area contributed by atoms with Crippen molar-refractivity contribution in [2.45, 2.75) is 12.5 Å². The van der Waals surface area contributed by atoms with Crippen molar-refractivity contribution in [3.8, 4) is 10.6 Å². The summed E-state index contributed by atoms with van der Waals surface area (Å²) in [5.74, 6) is -0.0595. The molecule has 116 valence electrons. The number of carbonyl (C=O) groups excluding carboxylic acids is 1. The number of rotatable bonds is 3. The average molecular weight is 337 g/mol. The first kappa shape index (κ1) is 15.1. The minimum absolute atomic E-state index is 0.0365. The minimum Gasteiger partial charge on any atom is -0.336 e. The molecule has 0 saturated carbocycles. The van der Waals surface area contributed by atoms with Gasteiger partial charge >= 0.3 is 0 Å². The van der Waals surface area contributed by atoms with E-state index in [1.165, 1.54) is 16.2 Å². The lowest BCUT2D eigenvalue weighted by Crippen LogP contribution is -2.38. The number of carbonyl (C=O) groups is 1. The molecule has 1 aliphatic heterocycles. The molecule has 1 amide bonds. The highest BCUT2D eigenvalue weighted by Gasteiger charge is 2.33. The lowest BCUT2D eigenvalue weighted by atomic mass is 10.2. The van der Waals surface area contributed by atoms with Crippen molar-refractivity contribution in [1.29, 1.82) is 0 Å². The molecule has 2 aromatic rings. The molecule has 1 atom stereocenters. The van der Waals surface area contributed by atoms with Crippen LogP contribution in [0.4, 0.5) is 0 Å². The van der Waals surface area contributed by atoms with Crippen molar-refractivity contribution in [1.82, 2.24) is 14.9 Å². The van der Waals surface area contributed by atoms with Gasteiger partial charge in [-0.3, -0.25) is 9.78 Å². The molecular formula is C14H15N3O3S2. The molecule has 22 heavy (non-hydrogen) atoms. The molecule has 2 aromatic heterocycles. The molecule has 0 N–H and O–H groups in total. The van der Waals surface area contributed by atoms with E-state index in [0.29, 0.717) is 12.1 Å². The van der Waals surface area contributed by atoms with Gasteiger partial charge in [0.25, 0.3) is 5.91 Å². The van der Waals surface area contributed by atoms with E-state index in [9.17, 15) is 13.2 Å². The van der Waals surface area contributed by atoms with E-state index in [1.807, 2.05) is 12.1 Å². The van der Waals surface area contributed by atoms with Crippen molar-refractivity contribution in [2.24, 2.45) is 0 Å². The fourth-order valence-corrected chi connectivity index (χ4v) is 4.98. The van der Waals surface area contributed by atoms with Crippen LogP contribution in [0.25, 0.3) is 10.6 Å². The molecule has 6 nitrogen and oxygen atoms in total. The molecule has 0 spiro atoms. The molecule has 3 rings (SSSR count). The second kappa shape index (κ2) is 5.77. The predicted octanol–water partition coefficient (Wildman–Crippen LogP) is 1.46. The summed E-state index contributed by atoms with van der Waals surface area (Å²) in [7, 11) is -1.38. The third kappa shape index (κ3) is 3.02. The Balaban J connectivity index is 1.77. The number of nitrogens with zero attached hydrogens (tertiary/aromatic N) is 3. The van der Waals surface area contributed by atoms with Gasteiger partial charge in [-0.05, 0) is 18.6 Å². The van der Waals surface area contributed by atoms with Gasteiger partial charge in [-0.15, -0.1) is 11.3 Å². The highest BCUT2D eigenvalue weighted by molar-refractivity contribution is 7.91. The monoisotopic (exact) mass is 337 g/mol. The van der Waals surface area contributed by atoms with Gasteiger partial charge in [0.2, 0.25) is 0 Å². The molecule has 1 aliphatic rings. The number of thiazole rings is 1. The number of hydrogen-bond donors (Lipinski definition) is 0. The Bertz CT molecular complexity index is 787. The van der Waals surface area contributed by atoms with Crippen molar-refractivity contribution in [3.05, 3.63) is 35.6 Å². The minimum atomic E-state index is -3.01. The third-order valence-corrected chi connectivity index (χ3v) is 6.35. The summed E-state index contributed by atoms with van der Waals surface area (Å²) >= 11 is 1.37. The molecule has 0 radical (unpaired) electrons. The predicted molar refractivity (Wildman–Crippen MR) is 84.5 cm³/mol. The molecule has 0 bridgehead atoms. The Labute approximate surface area is 132 Å². The van der Waals surface area contributed by atoms with Gasteiger partial charge in [0.1, 0.15) is 10.7 Å². The Morgan fingerprint density at radius 2 is 2.27 bits per heavy atom. The highest BCUT2D eigenvalue weighted by Crippen LogP contribution is 2.24. The van der Waals surface area contributed by atoms with Crippen molar-refractivity contribution in [2.75, 3.05) is 18.6 Å². The zero-order valence-electron chi connectivity index (χ0n) is 12.0. The van der Waals surface area contributed by atoms with E-state index in [-0.39, 0.29) is 23.5 Å². The molecule has 1 fully saturated rings. The van der Waals surface area contributed by atoms with Gasteiger partial charge in [0, 0.05) is 36.4 Å². The van der Waals surface area contributed by atoms with Gasteiger partial charge in [-0.25, -0.2) is 13.4 Å². The molecule has 1 unspecified atom stereocenters. The van der Waals surface area contributed by atoms with Gasteiger partial charge in [-0.2, -0.15) is 0 Å². The maximum absolute atomic E-state index is 12.4. The van der Waals surface area contributed by atoms with Gasteiger partial charge < -0.3 is 4.90 Å². The first-order valence-electron chi connectivity index (χ1n) is 6.80. The summed E-state index contributed by atoms with van der Waals surface area (Å²) in [6.07, 6.45) is 3.86. The van der Waals surface area contributed by atoms with Crippen LogP contribution in [0.3, 0.4) is 0 Å². The van der Waals surface area contributed by atoms with Crippen LogP contribution in [0.2, 0.25) is 0 Å². The van der Waals surface area contributed by atoms with E-state index in [4.69, 9.17) is 0 Å². The van der Waals surface area contributed by atoms with Gasteiger partial charge in [0.05, 0.1) is 11.5 Å². The first-order valence-corrected chi connectivity index (χ1v) is 9.50. The number of sulfone groups is 1. The second-order valence-corrected chi connectivity index (χ2v) is 8.34. The lowest BCUT2D eigenvalue weighted by Gasteiger charge is -2.22. The Morgan fingerprint density at radius 1 is 1.45 bits per heavy atom. The molecule has 1 saturated heterocycles. The molecule has 3 heterocycles. The Kier molecular flexibility index (Phi) is 3.96. The van der Waals surface area contributed by atoms with Crippen LogP contribution in [-0.2, 0) is 9.84 Å². The smallest absolute Gasteiger partial charge is 0.273 e. The number of pyridine rings is 1. The van der Waals surface area contributed by atoms with Crippen molar-refractivity contribution < 1.29 is 13.2 Å². The summed E-state index contributed by atoms with van der Waals surface area (Å²) in [6.45, 7) is 0. The van der Waals surface area contributed by atoms with Gasteiger partial charge in [-0.1, -0.05) is 0 Å².